The number of imidazole rings is 1. The van der Waals surface area contributed by atoms with Gasteiger partial charge in [0, 0.05) is 26.5 Å². The molecule has 0 fully saturated rings. The molecule has 0 unspecified atom stereocenters. The fourth-order valence-electron chi connectivity index (χ4n) is 1.79. The molecular weight excluding hydrogens is 300 g/mol. The highest BCUT2D eigenvalue weighted by atomic mass is 35.5. The van der Waals surface area contributed by atoms with E-state index in [1.54, 1.807) is 30.1 Å². The number of aryl methyl sites for hydroxylation is 1. The molecule has 8 heteroatoms. The Hall–Kier alpha value is -1.57. The molecule has 1 heterocycles. The van der Waals surface area contributed by atoms with Crippen molar-refractivity contribution in [3.05, 3.63) is 41.4 Å². The van der Waals surface area contributed by atoms with Crippen molar-refractivity contribution in [3.63, 3.8) is 0 Å². The second-order valence-corrected chi connectivity index (χ2v) is 6.76. The van der Waals surface area contributed by atoms with Gasteiger partial charge in [-0.25, -0.2) is 13.4 Å². The molecule has 20 heavy (non-hydrogen) atoms. The topological polar surface area (TPSA) is 81.2 Å². The minimum Gasteiger partial charge on any atom is -0.398 e. The molecule has 2 rings (SSSR count). The second kappa shape index (κ2) is 5.43. The minimum atomic E-state index is -3.77. The van der Waals surface area contributed by atoms with E-state index in [0.29, 0.717) is 5.82 Å². The summed E-state index contributed by atoms with van der Waals surface area (Å²) in [4.78, 5) is 4.03. The highest BCUT2D eigenvalue weighted by molar-refractivity contribution is 7.89. The third kappa shape index (κ3) is 2.65. The average Bonchev–Trinajstić information content (AvgIpc) is 2.74. The predicted octanol–water partition coefficient (Wildman–Crippen LogP) is 1.48. The molecule has 0 aliphatic carbocycles. The van der Waals surface area contributed by atoms with Gasteiger partial charge in [0.25, 0.3) is 0 Å². The predicted molar refractivity (Wildman–Crippen MR) is 77.7 cm³/mol. The Balaban J connectivity index is 2.38. The van der Waals surface area contributed by atoms with Crippen LogP contribution in [0.5, 0.6) is 0 Å². The van der Waals surface area contributed by atoms with Crippen LogP contribution in [-0.2, 0) is 23.6 Å². The van der Waals surface area contributed by atoms with Crippen LogP contribution >= 0.6 is 11.6 Å². The van der Waals surface area contributed by atoms with Crippen LogP contribution < -0.4 is 5.73 Å². The number of sulfonamides is 1. The third-order valence-corrected chi connectivity index (χ3v) is 5.30. The maximum atomic E-state index is 12.5. The molecule has 2 N–H and O–H groups in total. The second-order valence-electron chi connectivity index (χ2n) is 4.37. The quantitative estimate of drug-likeness (QED) is 0.867. The zero-order valence-corrected chi connectivity index (χ0v) is 12.7. The lowest BCUT2D eigenvalue weighted by atomic mass is 10.3. The molecule has 0 amide bonds. The van der Waals surface area contributed by atoms with Gasteiger partial charge in [0.15, 0.2) is 0 Å². The van der Waals surface area contributed by atoms with Crippen LogP contribution in [0.15, 0.2) is 35.5 Å². The van der Waals surface area contributed by atoms with Gasteiger partial charge < -0.3 is 10.3 Å². The number of hydrogen-bond acceptors (Lipinski definition) is 4. The number of nitrogens with two attached hydrogens (primary N) is 1. The lowest BCUT2D eigenvalue weighted by molar-refractivity contribution is 0.451. The van der Waals surface area contributed by atoms with Crippen molar-refractivity contribution in [3.8, 4) is 0 Å². The normalized spacial score (nSPS) is 12.0. The molecule has 0 spiro atoms. The molecule has 108 valence electrons. The van der Waals surface area contributed by atoms with Crippen LogP contribution in [0.2, 0.25) is 5.02 Å². The minimum absolute atomic E-state index is 0.0709. The Morgan fingerprint density at radius 2 is 2.15 bits per heavy atom. The molecule has 0 saturated heterocycles. The number of nitrogens with zero attached hydrogens (tertiary/aromatic N) is 3. The summed E-state index contributed by atoms with van der Waals surface area (Å²) in [5.74, 6) is 0.627. The molecule has 0 radical (unpaired) electrons. The third-order valence-electron chi connectivity index (χ3n) is 2.95. The first kappa shape index (κ1) is 14.8. The summed E-state index contributed by atoms with van der Waals surface area (Å²) in [5, 5.41) is 0.108. The first-order chi connectivity index (χ1) is 9.34. The molecule has 6 nitrogen and oxygen atoms in total. The van der Waals surface area contributed by atoms with Gasteiger partial charge in [-0.1, -0.05) is 17.7 Å². The van der Waals surface area contributed by atoms with Gasteiger partial charge in [-0.15, -0.1) is 0 Å². The van der Waals surface area contributed by atoms with Gasteiger partial charge in [0.05, 0.1) is 17.3 Å². The summed E-state index contributed by atoms with van der Waals surface area (Å²) in [6.07, 6.45) is 3.36. The van der Waals surface area contributed by atoms with Gasteiger partial charge in [0.2, 0.25) is 10.0 Å². The zero-order chi connectivity index (χ0) is 14.9. The number of benzene rings is 1. The number of halogens is 1. The fourth-order valence-corrected chi connectivity index (χ4v) is 3.54. The van der Waals surface area contributed by atoms with Crippen molar-refractivity contribution in [2.45, 2.75) is 11.4 Å². The standard InChI is InChI=1S/C12H15ClN4O2S/c1-16-7-6-15-11(16)8-17(2)20(18,19)12-9(13)4-3-5-10(12)14/h3-7H,8,14H2,1-2H3. The number of rotatable bonds is 4. The molecule has 0 aliphatic rings. The van der Waals surface area contributed by atoms with E-state index in [2.05, 4.69) is 4.98 Å². The molecule has 1 aromatic heterocycles. The van der Waals surface area contributed by atoms with Crippen molar-refractivity contribution in [1.29, 1.82) is 0 Å². The zero-order valence-electron chi connectivity index (χ0n) is 11.1. The van der Waals surface area contributed by atoms with Gasteiger partial charge in [-0.05, 0) is 12.1 Å². The smallest absolute Gasteiger partial charge is 0.246 e. The molecular formula is C12H15ClN4O2S. The Morgan fingerprint density at radius 1 is 1.45 bits per heavy atom. The summed E-state index contributed by atoms with van der Waals surface area (Å²) < 4.78 is 28.0. The molecule has 0 saturated carbocycles. The lowest BCUT2D eigenvalue weighted by Crippen LogP contribution is -2.28. The van der Waals surface area contributed by atoms with E-state index >= 15 is 0 Å². The Labute approximate surface area is 122 Å². The average molecular weight is 315 g/mol. The van der Waals surface area contributed by atoms with Gasteiger partial charge in [-0.2, -0.15) is 4.31 Å². The van der Waals surface area contributed by atoms with Gasteiger partial charge in [-0.3, -0.25) is 0 Å². The van der Waals surface area contributed by atoms with E-state index in [1.165, 1.54) is 23.5 Å². The maximum Gasteiger partial charge on any atom is 0.246 e. The van der Waals surface area contributed by atoms with Crippen molar-refractivity contribution in [2.75, 3.05) is 12.8 Å². The highest BCUT2D eigenvalue weighted by Gasteiger charge is 2.26. The first-order valence-electron chi connectivity index (χ1n) is 5.80. The SMILES string of the molecule is CN(Cc1nccn1C)S(=O)(=O)c1c(N)cccc1Cl. The van der Waals surface area contributed by atoms with Crippen molar-refractivity contribution < 1.29 is 8.42 Å². The number of hydrogen-bond donors (Lipinski definition) is 1. The monoisotopic (exact) mass is 314 g/mol. The summed E-state index contributed by atoms with van der Waals surface area (Å²) in [6.45, 7) is 0.135. The Morgan fingerprint density at radius 3 is 2.70 bits per heavy atom. The lowest BCUT2D eigenvalue weighted by Gasteiger charge is -2.18. The van der Waals surface area contributed by atoms with Crippen LogP contribution in [0.1, 0.15) is 5.82 Å². The van der Waals surface area contributed by atoms with Crippen LogP contribution in [0, 0.1) is 0 Å². The first-order valence-corrected chi connectivity index (χ1v) is 7.62. The van der Waals surface area contributed by atoms with Crippen molar-refractivity contribution in [1.82, 2.24) is 13.9 Å². The van der Waals surface area contributed by atoms with Crippen molar-refractivity contribution in [2.24, 2.45) is 7.05 Å². The number of anilines is 1. The van der Waals surface area contributed by atoms with Crippen molar-refractivity contribution >= 4 is 27.3 Å². The van der Waals surface area contributed by atoms with E-state index < -0.39 is 10.0 Å². The van der Waals surface area contributed by atoms with Crippen LogP contribution in [0.4, 0.5) is 5.69 Å². The van der Waals surface area contributed by atoms with E-state index in [9.17, 15) is 8.42 Å². The fraction of sp³-hybridized carbons (Fsp3) is 0.250. The molecule has 1 aromatic carbocycles. The summed E-state index contributed by atoms with van der Waals surface area (Å²) in [6, 6.07) is 4.61. The largest absolute Gasteiger partial charge is 0.398 e. The Kier molecular flexibility index (Phi) is 4.03. The van der Waals surface area contributed by atoms with E-state index in [1.807, 2.05) is 0 Å². The maximum absolute atomic E-state index is 12.5. The summed E-state index contributed by atoms with van der Waals surface area (Å²) >= 11 is 5.96. The van der Waals surface area contributed by atoms with Gasteiger partial charge in [0.1, 0.15) is 10.7 Å². The number of aromatic nitrogens is 2. The van der Waals surface area contributed by atoms with Crippen LogP contribution in [0.25, 0.3) is 0 Å². The molecule has 2 aromatic rings. The molecule has 0 atom stereocenters. The number of nitrogen functional groups attached to an aromatic ring is 1. The Bertz CT molecular complexity index is 707. The van der Waals surface area contributed by atoms with E-state index in [-0.39, 0.29) is 22.2 Å². The van der Waals surface area contributed by atoms with E-state index in [0.717, 1.165) is 0 Å². The molecule has 0 bridgehead atoms. The van der Waals surface area contributed by atoms with Gasteiger partial charge >= 0.3 is 0 Å². The summed E-state index contributed by atoms with van der Waals surface area (Å²) in [7, 11) is -0.507. The van der Waals surface area contributed by atoms with Crippen LogP contribution in [0.3, 0.4) is 0 Å². The molecule has 0 aliphatic heterocycles. The van der Waals surface area contributed by atoms with E-state index in [4.69, 9.17) is 17.3 Å². The highest BCUT2D eigenvalue weighted by Crippen LogP contribution is 2.29. The summed E-state index contributed by atoms with van der Waals surface area (Å²) in [5.41, 5.74) is 5.87. The van der Waals surface area contributed by atoms with Crippen LogP contribution in [-0.4, -0.2) is 29.3 Å².